The lowest BCUT2D eigenvalue weighted by atomic mass is 10.2. The summed E-state index contributed by atoms with van der Waals surface area (Å²) in [5.74, 6) is -1.59. The van der Waals surface area contributed by atoms with Gasteiger partial charge in [0, 0.05) is 11.1 Å². The van der Waals surface area contributed by atoms with E-state index in [1.807, 2.05) is 0 Å². The van der Waals surface area contributed by atoms with Crippen molar-refractivity contribution in [1.82, 2.24) is 4.57 Å². The summed E-state index contributed by atoms with van der Waals surface area (Å²) < 4.78 is 21.2. The summed E-state index contributed by atoms with van der Waals surface area (Å²) in [5.41, 5.74) is 0.886. The first-order valence-electron chi connectivity index (χ1n) is 8.44. The Morgan fingerprint density at radius 3 is 2.79 bits per heavy atom. The van der Waals surface area contributed by atoms with E-state index in [1.165, 1.54) is 16.7 Å². The van der Waals surface area contributed by atoms with Crippen molar-refractivity contribution >= 4 is 51.1 Å². The van der Waals surface area contributed by atoms with Gasteiger partial charge in [0.25, 0.3) is 5.91 Å². The lowest BCUT2D eigenvalue weighted by Crippen LogP contribution is -2.23. The van der Waals surface area contributed by atoms with E-state index in [9.17, 15) is 14.0 Å². The number of carbonyl (C=O) groups is 2. The molecule has 0 aliphatic carbocycles. The lowest BCUT2D eigenvalue weighted by molar-refractivity contribution is -0.143. The Morgan fingerprint density at radius 1 is 1.25 bits per heavy atom. The Balaban J connectivity index is 2.01. The number of amides is 1. The van der Waals surface area contributed by atoms with Gasteiger partial charge in [-0.1, -0.05) is 47.2 Å². The van der Waals surface area contributed by atoms with Crippen molar-refractivity contribution in [2.24, 2.45) is 4.99 Å². The first kappa shape index (κ1) is 20.0. The van der Waals surface area contributed by atoms with Gasteiger partial charge in [-0.3, -0.25) is 9.59 Å². The maximum Gasteiger partial charge on any atom is 0.326 e. The Bertz CT molecular complexity index is 1130. The van der Waals surface area contributed by atoms with Gasteiger partial charge in [0.15, 0.2) is 4.80 Å². The van der Waals surface area contributed by atoms with Crippen LogP contribution >= 0.6 is 22.9 Å². The molecule has 0 saturated heterocycles. The number of ether oxygens (including phenoxy) is 1. The van der Waals surface area contributed by atoms with Crippen molar-refractivity contribution in [3.8, 4) is 0 Å². The van der Waals surface area contributed by atoms with Crippen LogP contribution in [0, 0.1) is 5.82 Å². The zero-order valence-corrected chi connectivity index (χ0v) is 16.5. The van der Waals surface area contributed by atoms with Crippen LogP contribution in [0.2, 0.25) is 5.02 Å². The molecule has 2 aromatic carbocycles. The summed E-state index contributed by atoms with van der Waals surface area (Å²) in [6.07, 6.45) is 2.83. The minimum absolute atomic E-state index is 0.204. The van der Waals surface area contributed by atoms with Crippen molar-refractivity contribution in [2.75, 3.05) is 6.61 Å². The number of nitrogens with zero attached hydrogens (tertiary/aromatic N) is 2. The van der Waals surface area contributed by atoms with Gasteiger partial charge in [0.1, 0.15) is 12.4 Å². The van der Waals surface area contributed by atoms with E-state index < -0.39 is 17.7 Å². The molecule has 1 amide bonds. The molecule has 0 saturated carbocycles. The predicted molar refractivity (Wildman–Crippen MR) is 107 cm³/mol. The molecule has 0 atom stereocenters. The van der Waals surface area contributed by atoms with Crippen LogP contribution in [0.15, 0.2) is 53.5 Å². The van der Waals surface area contributed by atoms with Gasteiger partial charge in [-0.2, -0.15) is 4.99 Å². The molecule has 3 rings (SSSR count). The maximum absolute atomic E-state index is 14.3. The fourth-order valence-electron chi connectivity index (χ4n) is 2.56. The summed E-state index contributed by atoms with van der Waals surface area (Å²) in [6, 6.07) is 11.6. The number of rotatable bonds is 5. The van der Waals surface area contributed by atoms with Crippen molar-refractivity contribution in [3.05, 3.63) is 69.7 Å². The molecule has 5 nitrogen and oxygen atoms in total. The summed E-state index contributed by atoms with van der Waals surface area (Å²) in [6.45, 7) is 1.65. The van der Waals surface area contributed by atoms with Crippen LogP contribution < -0.4 is 4.80 Å². The van der Waals surface area contributed by atoms with Gasteiger partial charge >= 0.3 is 5.97 Å². The highest BCUT2D eigenvalue weighted by Gasteiger charge is 2.14. The molecule has 0 N–H and O–H groups in total. The number of esters is 1. The topological polar surface area (TPSA) is 60.7 Å². The number of carbonyl (C=O) groups excluding carboxylic acids is 2. The first-order valence-corrected chi connectivity index (χ1v) is 9.64. The normalized spacial score (nSPS) is 12.0. The smallest absolute Gasteiger partial charge is 0.326 e. The average molecular weight is 419 g/mol. The number of aromatic nitrogens is 1. The molecule has 3 aromatic rings. The quantitative estimate of drug-likeness (QED) is 0.461. The van der Waals surface area contributed by atoms with E-state index in [0.717, 1.165) is 11.3 Å². The molecule has 0 spiro atoms. The molecule has 1 heterocycles. The molecular formula is C20H16ClFN2O3S. The van der Waals surface area contributed by atoms with Crippen molar-refractivity contribution in [3.63, 3.8) is 0 Å². The van der Waals surface area contributed by atoms with E-state index in [2.05, 4.69) is 4.99 Å². The highest BCUT2D eigenvalue weighted by molar-refractivity contribution is 7.16. The number of fused-ring (bicyclic) bond motifs is 1. The number of hydrogen-bond acceptors (Lipinski definition) is 4. The number of benzene rings is 2. The molecule has 1 aromatic heterocycles. The average Bonchev–Trinajstić information content (AvgIpc) is 2.99. The number of hydrogen-bond donors (Lipinski definition) is 0. The minimum Gasteiger partial charge on any atom is -0.465 e. The van der Waals surface area contributed by atoms with Crippen LogP contribution in [0.5, 0.6) is 0 Å². The summed E-state index contributed by atoms with van der Waals surface area (Å²) in [4.78, 5) is 28.5. The molecular weight excluding hydrogens is 403 g/mol. The van der Waals surface area contributed by atoms with Gasteiger partial charge in [0.2, 0.25) is 0 Å². The van der Waals surface area contributed by atoms with Crippen LogP contribution in [-0.2, 0) is 20.9 Å². The zero-order chi connectivity index (χ0) is 20.1. The fourth-order valence-corrected chi connectivity index (χ4v) is 3.81. The second-order valence-electron chi connectivity index (χ2n) is 5.67. The van der Waals surface area contributed by atoms with Crippen molar-refractivity contribution in [1.29, 1.82) is 0 Å². The first-order chi connectivity index (χ1) is 13.5. The van der Waals surface area contributed by atoms with Crippen LogP contribution in [0.25, 0.3) is 16.3 Å². The van der Waals surface area contributed by atoms with Gasteiger partial charge in [0.05, 0.1) is 16.8 Å². The molecule has 0 bridgehead atoms. The summed E-state index contributed by atoms with van der Waals surface area (Å²) in [7, 11) is 0. The van der Waals surface area contributed by atoms with E-state index in [0.29, 0.717) is 15.3 Å². The second-order valence-corrected chi connectivity index (χ2v) is 7.08. The van der Waals surface area contributed by atoms with E-state index in [-0.39, 0.29) is 23.5 Å². The van der Waals surface area contributed by atoms with Gasteiger partial charge in [-0.15, -0.1) is 0 Å². The largest absolute Gasteiger partial charge is 0.465 e. The predicted octanol–water partition coefficient (Wildman–Crippen LogP) is 4.20. The molecule has 0 aliphatic heterocycles. The Kier molecular flexibility index (Phi) is 6.38. The minimum atomic E-state index is -0.551. The fraction of sp³-hybridized carbons (Fsp3) is 0.150. The Hall–Kier alpha value is -2.77. The number of para-hydroxylation sites is 1. The third-order valence-electron chi connectivity index (χ3n) is 3.76. The highest BCUT2D eigenvalue weighted by Crippen LogP contribution is 2.20. The second kappa shape index (κ2) is 8.95. The molecule has 28 heavy (non-hydrogen) atoms. The van der Waals surface area contributed by atoms with Crippen molar-refractivity contribution in [2.45, 2.75) is 13.5 Å². The summed E-state index contributed by atoms with van der Waals surface area (Å²) >= 11 is 7.18. The standard InChI is InChI=1S/C20H16ClFN2O3S/c1-2-27-18(26)12-24-19-15(22)8-5-9-16(19)28-20(24)23-17(25)11-10-13-6-3-4-7-14(13)21/h3-11H,2,12H2,1H3/b11-10+,23-20?. The molecule has 0 unspecified atom stereocenters. The molecule has 0 aliphatic rings. The number of halogens is 2. The summed E-state index contributed by atoms with van der Waals surface area (Å²) in [5, 5.41) is 0.507. The zero-order valence-electron chi connectivity index (χ0n) is 14.9. The monoisotopic (exact) mass is 418 g/mol. The number of thiazole rings is 1. The third kappa shape index (κ3) is 4.55. The molecule has 8 heteroatoms. The van der Waals surface area contributed by atoms with Crippen molar-refractivity contribution < 1.29 is 18.7 Å². The maximum atomic E-state index is 14.3. The van der Waals surface area contributed by atoms with Gasteiger partial charge < -0.3 is 9.30 Å². The van der Waals surface area contributed by atoms with Crippen LogP contribution in [0.1, 0.15) is 12.5 Å². The van der Waals surface area contributed by atoms with Crippen LogP contribution in [0.3, 0.4) is 0 Å². The Morgan fingerprint density at radius 2 is 2.04 bits per heavy atom. The SMILES string of the molecule is CCOC(=O)Cn1c(=NC(=O)/C=C/c2ccccc2Cl)sc2cccc(F)c21. The Labute approximate surface area is 169 Å². The van der Waals surface area contributed by atoms with Crippen LogP contribution in [0.4, 0.5) is 4.39 Å². The van der Waals surface area contributed by atoms with E-state index >= 15 is 0 Å². The molecule has 0 fully saturated rings. The molecule has 144 valence electrons. The van der Waals surface area contributed by atoms with Gasteiger partial charge in [-0.05, 0) is 36.8 Å². The van der Waals surface area contributed by atoms with E-state index in [1.54, 1.807) is 49.4 Å². The third-order valence-corrected chi connectivity index (χ3v) is 5.15. The van der Waals surface area contributed by atoms with E-state index in [4.69, 9.17) is 16.3 Å². The van der Waals surface area contributed by atoms with Gasteiger partial charge in [-0.25, -0.2) is 4.39 Å². The molecule has 0 radical (unpaired) electrons. The lowest BCUT2D eigenvalue weighted by Gasteiger charge is -2.05. The highest BCUT2D eigenvalue weighted by atomic mass is 35.5. The van der Waals surface area contributed by atoms with Crippen LogP contribution in [-0.4, -0.2) is 23.1 Å².